The Hall–Kier alpha value is -1.10. The summed E-state index contributed by atoms with van der Waals surface area (Å²) in [4.78, 5) is 24.2. The molecule has 2 aliphatic rings. The van der Waals surface area contributed by atoms with Gasteiger partial charge in [0.25, 0.3) is 0 Å². The summed E-state index contributed by atoms with van der Waals surface area (Å²) in [5.41, 5.74) is 5.19. The lowest BCUT2D eigenvalue weighted by Gasteiger charge is -2.19. The van der Waals surface area contributed by atoms with Crippen LogP contribution in [0.15, 0.2) is 0 Å². The molecule has 5 heteroatoms. The highest BCUT2D eigenvalue weighted by Gasteiger charge is 2.34. The number of primary amides is 1. The lowest BCUT2D eigenvalue weighted by molar-refractivity contribution is -0.128. The van der Waals surface area contributed by atoms with E-state index in [-0.39, 0.29) is 24.2 Å². The molecule has 0 aromatic rings. The highest BCUT2D eigenvalue weighted by molar-refractivity contribution is 5.88. The van der Waals surface area contributed by atoms with Crippen LogP contribution in [-0.4, -0.2) is 43.0 Å². The van der Waals surface area contributed by atoms with Gasteiger partial charge in [0.05, 0.1) is 12.5 Å². The van der Waals surface area contributed by atoms with Crippen molar-refractivity contribution in [1.82, 2.24) is 4.90 Å². The second-order valence-electron chi connectivity index (χ2n) is 4.33. The van der Waals surface area contributed by atoms with Crippen LogP contribution >= 0.6 is 0 Å². The summed E-state index contributed by atoms with van der Waals surface area (Å²) in [7, 11) is 0. The van der Waals surface area contributed by atoms with Crippen LogP contribution in [0.2, 0.25) is 0 Å². The lowest BCUT2D eigenvalue weighted by Crippen LogP contribution is -2.32. The van der Waals surface area contributed by atoms with Crippen molar-refractivity contribution in [3.63, 3.8) is 0 Å². The van der Waals surface area contributed by atoms with E-state index in [4.69, 9.17) is 10.5 Å². The minimum Gasteiger partial charge on any atom is -0.381 e. The Bertz CT molecular complexity index is 274. The van der Waals surface area contributed by atoms with Crippen LogP contribution in [0.5, 0.6) is 0 Å². The standard InChI is InChI=1S/C10H16N2O3/c11-10(14)8-3-9(13)12(5-8)4-7-1-2-15-6-7/h7-8H,1-6H2,(H2,11,14). The summed E-state index contributed by atoms with van der Waals surface area (Å²) in [6, 6.07) is 0. The van der Waals surface area contributed by atoms with Crippen molar-refractivity contribution in [3.05, 3.63) is 0 Å². The maximum atomic E-state index is 11.6. The Kier molecular flexibility index (Phi) is 2.90. The van der Waals surface area contributed by atoms with Crippen molar-refractivity contribution in [2.24, 2.45) is 17.6 Å². The second-order valence-corrected chi connectivity index (χ2v) is 4.33. The number of nitrogens with two attached hydrogens (primary N) is 1. The van der Waals surface area contributed by atoms with E-state index in [0.29, 0.717) is 19.0 Å². The molecular formula is C10H16N2O3. The van der Waals surface area contributed by atoms with Crippen LogP contribution in [-0.2, 0) is 14.3 Å². The zero-order chi connectivity index (χ0) is 10.8. The van der Waals surface area contributed by atoms with Gasteiger partial charge in [-0.1, -0.05) is 0 Å². The van der Waals surface area contributed by atoms with Crippen molar-refractivity contribution in [1.29, 1.82) is 0 Å². The van der Waals surface area contributed by atoms with Gasteiger partial charge in [0.1, 0.15) is 0 Å². The van der Waals surface area contributed by atoms with Crippen LogP contribution in [0, 0.1) is 11.8 Å². The molecule has 2 rings (SSSR count). The molecule has 0 radical (unpaired) electrons. The quantitative estimate of drug-likeness (QED) is 0.676. The average molecular weight is 212 g/mol. The largest absolute Gasteiger partial charge is 0.381 e. The number of rotatable bonds is 3. The van der Waals surface area contributed by atoms with Crippen molar-refractivity contribution >= 4 is 11.8 Å². The predicted octanol–water partition coefficient (Wildman–Crippen LogP) is -0.643. The van der Waals surface area contributed by atoms with Gasteiger partial charge in [0.15, 0.2) is 0 Å². The SMILES string of the molecule is NC(=O)C1CC(=O)N(CC2CCOC2)C1. The molecule has 0 aromatic carbocycles. The highest BCUT2D eigenvalue weighted by atomic mass is 16.5. The number of amides is 2. The zero-order valence-electron chi connectivity index (χ0n) is 8.65. The maximum absolute atomic E-state index is 11.6. The Morgan fingerprint density at radius 2 is 2.40 bits per heavy atom. The second kappa shape index (κ2) is 4.18. The van der Waals surface area contributed by atoms with E-state index >= 15 is 0 Å². The molecule has 2 atom stereocenters. The summed E-state index contributed by atoms with van der Waals surface area (Å²) in [6.45, 7) is 2.71. The molecule has 0 spiro atoms. The Morgan fingerprint density at radius 3 is 2.93 bits per heavy atom. The summed E-state index contributed by atoms with van der Waals surface area (Å²) in [5, 5.41) is 0. The molecule has 2 heterocycles. The number of carbonyl (C=O) groups is 2. The first-order valence-corrected chi connectivity index (χ1v) is 5.31. The van der Waals surface area contributed by atoms with E-state index in [1.165, 1.54) is 0 Å². The fourth-order valence-corrected chi connectivity index (χ4v) is 2.18. The first-order chi connectivity index (χ1) is 7.16. The highest BCUT2D eigenvalue weighted by Crippen LogP contribution is 2.21. The fourth-order valence-electron chi connectivity index (χ4n) is 2.18. The molecule has 0 saturated carbocycles. The van der Waals surface area contributed by atoms with Crippen LogP contribution in [0.4, 0.5) is 0 Å². The van der Waals surface area contributed by atoms with Crippen molar-refractivity contribution in [2.45, 2.75) is 12.8 Å². The van der Waals surface area contributed by atoms with Gasteiger partial charge in [-0.2, -0.15) is 0 Å². The van der Waals surface area contributed by atoms with Gasteiger partial charge < -0.3 is 15.4 Å². The van der Waals surface area contributed by atoms with Crippen molar-refractivity contribution in [2.75, 3.05) is 26.3 Å². The molecule has 15 heavy (non-hydrogen) atoms. The van der Waals surface area contributed by atoms with E-state index in [1.807, 2.05) is 0 Å². The third-order valence-corrected chi connectivity index (χ3v) is 3.12. The van der Waals surface area contributed by atoms with E-state index in [9.17, 15) is 9.59 Å². The molecular weight excluding hydrogens is 196 g/mol. The molecule has 0 bridgehead atoms. The summed E-state index contributed by atoms with van der Waals surface area (Å²) < 4.78 is 5.25. The molecule has 84 valence electrons. The van der Waals surface area contributed by atoms with Crippen molar-refractivity contribution < 1.29 is 14.3 Å². The third kappa shape index (κ3) is 2.28. The smallest absolute Gasteiger partial charge is 0.223 e. The number of carbonyl (C=O) groups excluding carboxylic acids is 2. The van der Waals surface area contributed by atoms with Gasteiger partial charge >= 0.3 is 0 Å². The molecule has 2 unspecified atom stereocenters. The number of likely N-dealkylation sites (tertiary alicyclic amines) is 1. The van der Waals surface area contributed by atoms with Gasteiger partial charge in [0, 0.05) is 32.0 Å². The molecule has 2 N–H and O–H groups in total. The molecule has 0 aromatic heterocycles. The monoisotopic (exact) mass is 212 g/mol. The van der Waals surface area contributed by atoms with E-state index in [0.717, 1.165) is 19.6 Å². The van der Waals surface area contributed by atoms with Crippen LogP contribution in [0.3, 0.4) is 0 Å². The van der Waals surface area contributed by atoms with Gasteiger partial charge in [0.2, 0.25) is 11.8 Å². The Morgan fingerprint density at radius 1 is 1.60 bits per heavy atom. The molecule has 0 aliphatic carbocycles. The fraction of sp³-hybridized carbons (Fsp3) is 0.800. The Labute approximate surface area is 88.5 Å². The topological polar surface area (TPSA) is 72.6 Å². The molecule has 2 saturated heterocycles. The van der Waals surface area contributed by atoms with Crippen LogP contribution < -0.4 is 5.73 Å². The molecule has 5 nitrogen and oxygen atoms in total. The zero-order valence-corrected chi connectivity index (χ0v) is 8.65. The first kappa shape index (κ1) is 10.4. The predicted molar refractivity (Wildman–Crippen MR) is 52.8 cm³/mol. The molecule has 2 aliphatic heterocycles. The Balaban J connectivity index is 1.87. The number of nitrogens with zero attached hydrogens (tertiary/aromatic N) is 1. The van der Waals surface area contributed by atoms with Crippen molar-refractivity contribution in [3.8, 4) is 0 Å². The summed E-state index contributed by atoms with van der Waals surface area (Å²) in [5.74, 6) is -0.181. The van der Waals surface area contributed by atoms with Gasteiger partial charge in [-0.25, -0.2) is 0 Å². The molecule has 2 fully saturated rings. The van der Waals surface area contributed by atoms with E-state index in [1.54, 1.807) is 4.90 Å². The first-order valence-electron chi connectivity index (χ1n) is 5.31. The average Bonchev–Trinajstić information content (AvgIpc) is 2.77. The van der Waals surface area contributed by atoms with Gasteiger partial charge in [-0.3, -0.25) is 9.59 Å². The van der Waals surface area contributed by atoms with E-state index in [2.05, 4.69) is 0 Å². The number of ether oxygens (including phenoxy) is 1. The minimum atomic E-state index is -0.367. The van der Waals surface area contributed by atoms with E-state index < -0.39 is 0 Å². The van der Waals surface area contributed by atoms with Crippen LogP contribution in [0.1, 0.15) is 12.8 Å². The minimum absolute atomic E-state index is 0.0469. The number of hydrogen-bond acceptors (Lipinski definition) is 3. The third-order valence-electron chi connectivity index (χ3n) is 3.12. The van der Waals surface area contributed by atoms with Gasteiger partial charge in [-0.05, 0) is 6.42 Å². The maximum Gasteiger partial charge on any atom is 0.223 e. The normalized spacial score (nSPS) is 31.2. The van der Waals surface area contributed by atoms with Crippen LogP contribution in [0.25, 0.3) is 0 Å². The summed E-state index contributed by atoms with van der Waals surface area (Å²) in [6.07, 6.45) is 1.29. The summed E-state index contributed by atoms with van der Waals surface area (Å²) >= 11 is 0. The van der Waals surface area contributed by atoms with Gasteiger partial charge in [-0.15, -0.1) is 0 Å². The number of hydrogen-bond donors (Lipinski definition) is 1. The lowest BCUT2D eigenvalue weighted by atomic mass is 10.1. The molecule has 2 amide bonds.